The highest BCUT2D eigenvalue weighted by Crippen LogP contribution is 2.38. The molecule has 0 aliphatic carbocycles. The van der Waals surface area contributed by atoms with Crippen molar-refractivity contribution in [3.63, 3.8) is 0 Å². The van der Waals surface area contributed by atoms with E-state index in [1.807, 2.05) is 12.3 Å². The topological polar surface area (TPSA) is 34.1 Å². The Hall–Kier alpha value is -0.970. The van der Waals surface area contributed by atoms with Crippen LogP contribution in [0.5, 0.6) is 0 Å². The SMILES string of the molecule is CC(C)NCC1CCOC1c1ccc(Br)c2cccnc12. The Bertz CT molecular complexity index is 629. The highest BCUT2D eigenvalue weighted by Gasteiger charge is 2.31. The number of hydrogen-bond acceptors (Lipinski definition) is 3. The first-order valence-corrected chi connectivity index (χ1v) is 8.34. The number of ether oxygens (including phenoxy) is 1. The van der Waals surface area contributed by atoms with Crippen molar-refractivity contribution in [2.45, 2.75) is 32.4 Å². The number of benzene rings is 1. The van der Waals surface area contributed by atoms with Gasteiger partial charge in [-0.2, -0.15) is 0 Å². The van der Waals surface area contributed by atoms with Crippen LogP contribution < -0.4 is 5.32 Å². The number of hydrogen-bond donors (Lipinski definition) is 1. The molecule has 0 spiro atoms. The number of halogens is 1. The normalized spacial score (nSPS) is 22.3. The number of aromatic nitrogens is 1. The number of rotatable bonds is 4. The maximum absolute atomic E-state index is 6.04. The molecule has 21 heavy (non-hydrogen) atoms. The minimum Gasteiger partial charge on any atom is -0.373 e. The van der Waals surface area contributed by atoms with Crippen molar-refractivity contribution >= 4 is 26.8 Å². The smallest absolute Gasteiger partial charge is 0.0887 e. The zero-order valence-electron chi connectivity index (χ0n) is 12.5. The van der Waals surface area contributed by atoms with E-state index in [0.29, 0.717) is 12.0 Å². The van der Waals surface area contributed by atoms with E-state index >= 15 is 0 Å². The van der Waals surface area contributed by atoms with Gasteiger partial charge in [-0.05, 0) is 18.6 Å². The van der Waals surface area contributed by atoms with Gasteiger partial charge in [-0.3, -0.25) is 4.98 Å². The summed E-state index contributed by atoms with van der Waals surface area (Å²) in [5.41, 5.74) is 2.26. The van der Waals surface area contributed by atoms with E-state index in [9.17, 15) is 0 Å². The Morgan fingerprint density at radius 1 is 1.38 bits per heavy atom. The molecule has 2 aromatic rings. The van der Waals surface area contributed by atoms with Crippen LogP contribution in [0.15, 0.2) is 34.9 Å². The molecule has 0 radical (unpaired) electrons. The monoisotopic (exact) mass is 348 g/mol. The average molecular weight is 349 g/mol. The van der Waals surface area contributed by atoms with Crippen LogP contribution in [0.3, 0.4) is 0 Å². The summed E-state index contributed by atoms with van der Waals surface area (Å²) in [5.74, 6) is 0.513. The standard InChI is InChI=1S/C17H21BrN2O/c1-11(2)20-10-12-7-9-21-17(12)14-5-6-15(18)13-4-3-8-19-16(13)14/h3-6,8,11-12,17,20H,7,9-10H2,1-2H3. The van der Waals surface area contributed by atoms with Crippen LogP contribution in [0.2, 0.25) is 0 Å². The van der Waals surface area contributed by atoms with Crippen LogP contribution >= 0.6 is 15.9 Å². The van der Waals surface area contributed by atoms with Crippen LogP contribution in [0.1, 0.15) is 31.9 Å². The van der Waals surface area contributed by atoms with Gasteiger partial charge in [-0.25, -0.2) is 0 Å². The van der Waals surface area contributed by atoms with Crippen molar-refractivity contribution in [3.05, 3.63) is 40.5 Å². The molecule has 0 bridgehead atoms. The van der Waals surface area contributed by atoms with E-state index in [1.165, 1.54) is 5.56 Å². The molecule has 1 aromatic carbocycles. The third-order valence-electron chi connectivity index (χ3n) is 4.06. The first-order valence-electron chi connectivity index (χ1n) is 7.55. The first kappa shape index (κ1) is 14.9. The molecular formula is C17H21BrN2O. The Balaban J connectivity index is 1.94. The molecule has 3 rings (SSSR count). The van der Waals surface area contributed by atoms with Gasteiger partial charge in [0.25, 0.3) is 0 Å². The lowest BCUT2D eigenvalue weighted by molar-refractivity contribution is 0.0911. The van der Waals surface area contributed by atoms with Crippen molar-refractivity contribution in [2.75, 3.05) is 13.2 Å². The predicted octanol–water partition coefficient (Wildman–Crippen LogP) is 4.07. The molecule has 1 saturated heterocycles. The number of fused-ring (bicyclic) bond motifs is 1. The van der Waals surface area contributed by atoms with Gasteiger partial charge in [0, 0.05) is 46.7 Å². The van der Waals surface area contributed by atoms with Crippen molar-refractivity contribution in [1.29, 1.82) is 0 Å². The Morgan fingerprint density at radius 2 is 2.24 bits per heavy atom. The van der Waals surface area contributed by atoms with Crippen LogP contribution in [0.25, 0.3) is 10.9 Å². The summed E-state index contributed by atoms with van der Waals surface area (Å²) in [6.07, 6.45) is 3.10. The Kier molecular flexibility index (Phi) is 4.57. The second-order valence-electron chi connectivity index (χ2n) is 5.94. The molecule has 1 aliphatic rings. The van der Waals surface area contributed by atoms with E-state index in [4.69, 9.17) is 4.74 Å². The van der Waals surface area contributed by atoms with Gasteiger partial charge in [-0.1, -0.05) is 41.9 Å². The van der Waals surface area contributed by atoms with E-state index in [2.05, 4.69) is 58.3 Å². The Labute approximate surface area is 134 Å². The first-order chi connectivity index (χ1) is 10.2. The molecule has 2 unspecified atom stereocenters. The molecule has 1 N–H and O–H groups in total. The summed E-state index contributed by atoms with van der Waals surface area (Å²) in [6, 6.07) is 8.84. The van der Waals surface area contributed by atoms with Crippen molar-refractivity contribution in [3.8, 4) is 0 Å². The lowest BCUT2D eigenvalue weighted by Gasteiger charge is -2.22. The zero-order valence-corrected chi connectivity index (χ0v) is 14.1. The van der Waals surface area contributed by atoms with Crippen LogP contribution in [0.4, 0.5) is 0 Å². The van der Waals surface area contributed by atoms with E-state index in [0.717, 1.165) is 34.9 Å². The molecule has 1 fully saturated rings. The third-order valence-corrected chi connectivity index (χ3v) is 4.75. The highest BCUT2D eigenvalue weighted by molar-refractivity contribution is 9.10. The predicted molar refractivity (Wildman–Crippen MR) is 89.4 cm³/mol. The van der Waals surface area contributed by atoms with Gasteiger partial charge < -0.3 is 10.1 Å². The van der Waals surface area contributed by atoms with Crippen molar-refractivity contribution in [2.24, 2.45) is 5.92 Å². The molecule has 2 heterocycles. The molecule has 3 nitrogen and oxygen atoms in total. The summed E-state index contributed by atoms with van der Waals surface area (Å²) >= 11 is 3.61. The summed E-state index contributed by atoms with van der Waals surface area (Å²) in [6.45, 7) is 6.19. The molecule has 1 aromatic heterocycles. The number of pyridine rings is 1. The average Bonchev–Trinajstić information content (AvgIpc) is 2.94. The fraction of sp³-hybridized carbons (Fsp3) is 0.471. The van der Waals surface area contributed by atoms with E-state index in [1.54, 1.807) is 0 Å². The molecule has 112 valence electrons. The molecule has 2 atom stereocenters. The summed E-state index contributed by atoms with van der Waals surface area (Å²) in [7, 11) is 0. The van der Waals surface area contributed by atoms with Gasteiger partial charge in [-0.15, -0.1) is 0 Å². The minimum atomic E-state index is 0.141. The maximum atomic E-state index is 6.04. The molecule has 0 amide bonds. The Morgan fingerprint density at radius 3 is 3.05 bits per heavy atom. The van der Waals surface area contributed by atoms with Gasteiger partial charge in [0.1, 0.15) is 0 Å². The largest absolute Gasteiger partial charge is 0.373 e. The zero-order chi connectivity index (χ0) is 14.8. The van der Waals surface area contributed by atoms with Crippen LogP contribution in [-0.4, -0.2) is 24.2 Å². The summed E-state index contributed by atoms with van der Waals surface area (Å²) < 4.78 is 7.12. The minimum absolute atomic E-state index is 0.141. The molecule has 4 heteroatoms. The van der Waals surface area contributed by atoms with Gasteiger partial charge in [0.15, 0.2) is 0 Å². The summed E-state index contributed by atoms with van der Waals surface area (Å²) in [5, 5.41) is 4.69. The van der Waals surface area contributed by atoms with Gasteiger partial charge in [0.05, 0.1) is 11.6 Å². The number of nitrogens with zero attached hydrogens (tertiary/aromatic N) is 1. The van der Waals surface area contributed by atoms with Crippen molar-refractivity contribution < 1.29 is 4.74 Å². The molecule has 1 aliphatic heterocycles. The quantitative estimate of drug-likeness (QED) is 0.903. The molecular weight excluding hydrogens is 328 g/mol. The van der Waals surface area contributed by atoms with Crippen molar-refractivity contribution in [1.82, 2.24) is 10.3 Å². The van der Waals surface area contributed by atoms with E-state index in [-0.39, 0.29) is 6.10 Å². The second kappa shape index (κ2) is 6.42. The maximum Gasteiger partial charge on any atom is 0.0887 e. The fourth-order valence-electron chi connectivity index (χ4n) is 2.96. The van der Waals surface area contributed by atoms with Gasteiger partial charge >= 0.3 is 0 Å². The molecule has 0 saturated carbocycles. The lowest BCUT2D eigenvalue weighted by atomic mass is 9.93. The van der Waals surface area contributed by atoms with E-state index < -0.39 is 0 Å². The second-order valence-corrected chi connectivity index (χ2v) is 6.79. The summed E-state index contributed by atoms with van der Waals surface area (Å²) in [4.78, 5) is 4.59. The van der Waals surface area contributed by atoms with Crippen LogP contribution in [0, 0.1) is 5.92 Å². The van der Waals surface area contributed by atoms with Gasteiger partial charge in [0.2, 0.25) is 0 Å². The van der Waals surface area contributed by atoms with Crippen LogP contribution in [-0.2, 0) is 4.74 Å². The highest BCUT2D eigenvalue weighted by atomic mass is 79.9. The lowest BCUT2D eigenvalue weighted by Crippen LogP contribution is -2.30. The third kappa shape index (κ3) is 3.12. The number of nitrogens with one attached hydrogen (secondary N) is 1. The fourth-order valence-corrected chi connectivity index (χ4v) is 3.42.